The minimum atomic E-state index is -0.635. The lowest BCUT2D eigenvalue weighted by atomic mass is 9.60. The zero-order chi connectivity index (χ0) is 22.8. The number of aliphatic hydroxyl groups excluding tert-OH is 1. The normalized spacial score (nSPS) is 36.6. The third kappa shape index (κ3) is 5.72. The number of hydrogen-bond acceptors (Lipinski definition) is 3. The SMILES string of the molecule is C=C1CC[C@H](O)C/C1=C\C=C1/CCC[C@]2(C)[C@@H]([C@H](C)[C@H](CCC(C)(C)O)OC)CC[C@@H]12. The van der Waals surface area contributed by atoms with Crippen molar-refractivity contribution in [2.24, 2.45) is 23.2 Å². The van der Waals surface area contributed by atoms with E-state index in [1.807, 2.05) is 21.0 Å². The molecule has 3 heteroatoms. The highest BCUT2D eigenvalue weighted by molar-refractivity contribution is 5.36. The van der Waals surface area contributed by atoms with E-state index in [-0.39, 0.29) is 12.2 Å². The van der Waals surface area contributed by atoms with Gasteiger partial charge >= 0.3 is 0 Å². The van der Waals surface area contributed by atoms with Gasteiger partial charge in [-0.1, -0.05) is 43.7 Å². The van der Waals surface area contributed by atoms with Gasteiger partial charge < -0.3 is 14.9 Å². The number of allylic oxidation sites excluding steroid dienone is 4. The molecule has 0 aromatic rings. The van der Waals surface area contributed by atoms with E-state index in [1.165, 1.54) is 43.3 Å². The Kier molecular flexibility index (Phi) is 7.92. The molecule has 3 rings (SSSR count). The average Bonchev–Trinajstić information content (AvgIpc) is 3.05. The summed E-state index contributed by atoms with van der Waals surface area (Å²) in [5.41, 5.74) is 3.75. The average molecular weight is 431 g/mol. The number of aliphatic hydroxyl groups is 2. The molecule has 3 aliphatic carbocycles. The van der Waals surface area contributed by atoms with Gasteiger partial charge in [0.2, 0.25) is 0 Å². The van der Waals surface area contributed by atoms with Gasteiger partial charge in [0.15, 0.2) is 0 Å². The van der Waals surface area contributed by atoms with E-state index in [9.17, 15) is 10.2 Å². The van der Waals surface area contributed by atoms with Gasteiger partial charge in [0.1, 0.15) is 0 Å². The van der Waals surface area contributed by atoms with Gasteiger partial charge in [-0.05, 0) is 107 Å². The second-order valence-electron chi connectivity index (χ2n) is 11.5. The van der Waals surface area contributed by atoms with Crippen LogP contribution in [-0.2, 0) is 4.74 Å². The highest BCUT2D eigenvalue weighted by Crippen LogP contribution is 2.60. The number of ether oxygens (including phenoxy) is 1. The molecule has 0 amide bonds. The van der Waals surface area contributed by atoms with Crippen LogP contribution in [-0.4, -0.2) is 35.1 Å². The first-order chi connectivity index (χ1) is 14.5. The lowest BCUT2D eigenvalue weighted by Gasteiger charge is -2.45. The van der Waals surface area contributed by atoms with Crippen LogP contribution in [0.15, 0.2) is 35.5 Å². The topological polar surface area (TPSA) is 49.7 Å². The summed E-state index contributed by atoms with van der Waals surface area (Å²) >= 11 is 0. The van der Waals surface area contributed by atoms with Gasteiger partial charge in [0.25, 0.3) is 0 Å². The Bertz CT molecular complexity index is 698. The van der Waals surface area contributed by atoms with Crippen LogP contribution in [0, 0.1) is 23.2 Å². The Labute approximate surface area is 190 Å². The molecular weight excluding hydrogens is 384 g/mol. The van der Waals surface area contributed by atoms with Gasteiger partial charge in [0.05, 0.1) is 17.8 Å². The molecular formula is C28H46O3. The highest BCUT2D eigenvalue weighted by Gasteiger charge is 2.51. The fourth-order valence-corrected chi connectivity index (χ4v) is 6.89. The molecule has 3 saturated carbocycles. The third-order valence-corrected chi connectivity index (χ3v) is 8.79. The summed E-state index contributed by atoms with van der Waals surface area (Å²) in [6.07, 6.45) is 15.2. The van der Waals surface area contributed by atoms with Crippen LogP contribution in [0.5, 0.6) is 0 Å². The monoisotopic (exact) mass is 430 g/mol. The van der Waals surface area contributed by atoms with Crippen molar-refractivity contribution in [2.75, 3.05) is 7.11 Å². The summed E-state index contributed by atoms with van der Waals surface area (Å²) in [5.74, 6) is 1.81. The Morgan fingerprint density at radius 2 is 1.97 bits per heavy atom. The Hall–Kier alpha value is -0.900. The van der Waals surface area contributed by atoms with Crippen molar-refractivity contribution in [3.05, 3.63) is 35.5 Å². The number of hydrogen-bond donors (Lipinski definition) is 2. The minimum Gasteiger partial charge on any atom is -0.393 e. The van der Waals surface area contributed by atoms with E-state index >= 15 is 0 Å². The summed E-state index contributed by atoms with van der Waals surface area (Å²) in [7, 11) is 1.84. The van der Waals surface area contributed by atoms with Crippen molar-refractivity contribution in [1.82, 2.24) is 0 Å². The van der Waals surface area contributed by atoms with Crippen LogP contribution in [0.2, 0.25) is 0 Å². The van der Waals surface area contributed by atoms with Crippen LogP contribution in [0.4, 0.5) is 0 Å². The molecule has 0 aromatic carbocycles. The molecule has 0 aromatic heterocycles. The van der Waals surface area contributed by atoms with Gasteiger partial charge in [-0.15, -0.1) is 0 Å². The molecule has 0 saturated heterocycles. The second-order valence-corrected chi connectivity index (χ2v) is 11.5. The van der Waals surface area contributed by atoms with Crippen LogP contribution < -0.4 is 0 Å². The first kappa shape index (κ1) is 24.7. The van der Waals surface area contributed by atoms with Crippen LogP contribution >= 0.6 is 0 Å². The predicted molar refractivity (Wildman–Crippen MR) is 129 cm³/mol. The summed E-state index contributed by atoms with van der Waals surface area (Å²) in [6.45, 7) is 12.9. The van der Waals surface area contributed by atoms with Gasteiger partial charge in [0, 0.05) is 7.11 Å². The summed E-state index contributed by atoms with van der Waals surface area (Å²) in [4.78, 5) is 0. The van der Waals surface area contributed by atoms with Crippen molar-refractivity contribution in [1.29, 1.82) is 0 Å². The molecule has 0 aliphatic heterocycles. The molecule has 0 unspecified atom stereocenters. The molecule has 31 heavy (non-hydrogen) atoms. The maximum atomic E-state index is 10.2. The summed E-state index contributed by atoms with van der Waals surface area (Å²) in [6, 6.07) is 0. The van der Waals surface area contributed by atoms with Crippen molar-refractivity contribution in [3.8, 4) is 0 Å². The van der Waals surface area contributed by atoms with Crippen molar-refractivity contribution in [3.63, 3.8) is 0 Å². The first-order valence-corrected chi connectivity index (χ1v) is 12.6. The highest BCUT2D eigenvalue weighted by atomic mass is 16.5. The predicted octanol–water partition coefficient (Wildman–Crippen LogP) is 6.36. The summed E-state index contributed by atoms with van der Waals surface area (Å²) in [5, 5.41) is 20.3. The molecule has 3 aliphatic rings. The zero-order valence-corrected chi connectivity index (χ0v) is 20.6. The van der Waals surface area contributed by atoms with E-state index in [4.69, 9.17) is 4.74 Å². The molecule has 176 valence electrons. The molecule has 0 radical (unpaired) electrons. The van der Waals surface area contributed by atoms with Crippen LogP contribution in [0.25, 0.3) is 0 Å². The molecule has 0 heterocycles. The van der Waals surface area contributed by atoms with Crippen molar-refractivity contribution in [2.45, 2.75) is 110 Å². The van der Waals surface area contributed by atoms with Crippen molar-refractivity contribution >= 4 is 0 Å². The Morgan fingerprint density at radius 3 is 2.65 bits per heavy atom. The Morgan fingerprint density at radius 1 is 1.23 bits per heavy atom. The largest absolute Gasteiger partial charge is 0.393 e. The second kappa shape index (κ2) is 9.93. The van der Waals surface area contributed by atoms with Crippen LogP contribution in [0.1, 0.15) is 91.9 Å². The smallest absolute Gasteiger partial charge is 0.0600 e. The number of methoxy groups -OCH3 is 1. The van der Waals surface area contributed by atoms with E-state index in [0.29, 0.717) is 23.2 Å². The minimum absolute atomic E-state index is 0.204. The Balaban J connectivity index is 1.75. The molecule has 3 nitrogen and oxygen atoms in total. The third-order valence-electron chi connectivity index (χ3n) is 8.79. The number of fused-ring (bicyclic) bond motifs is 1. The van der Waals surface area contributed by atoms with E-state index < -0.39 is 5.60 Å². The fourth-order valence-electron chi connectivity index (χ4n) is 6.89. The maximum absolute atomic E-state index is 10.2. The standard InChI is InChI=1S/C28H46O3/c1-19-9-12-23(29)18-22(19)11-10-21-8-7-16-28(5)24(13-14-25(21)28)20(2)26(31-6)15-17-27(3,4)30/h10-11,20,23-26,29-30H,1,7-9,12-18H2,2-6H3/b21-10+,22-11+/t20-,23-,24+,25-,26-,28+/m0/s1. The van der Waals surface area contributed by atoms with Gasteiger partial charge in [-0.3, -0.25) is 0 Å². The quantitative estimate of drug-likeness (QED) is 0.494. The lowest BCUT2D eigenvalue weighted by Crippen LogP contribution is -2.40. The van der Waals surface area contributed by atoms with E-state index in [2.05, 4.69) is 32.6 Å². The van der Waals surface area contributed by atoms with Gasteiger partial charge in [-0.2, -0.15) is 0 Å². The van der Waals surface area contributed by atoms with E-state index in [1.54, 1.807) is 5.57 Å². The first-order valence-electron chi connectivity index (χ1n) is 12.6. The van der Waals surface area contributed by atoms with Crippen LogP contribution in [0.3, 0.4) is 0 Å². The molecule has 0 spiro atoms. The molecule has 6 atom stereocenters. The zero-order valence-electron chi connectivity index (χ0n) is 20.6. The van der Waals surface area contributed by atoms with E-state index in [0.717, 1.165) is 32.1 Å². The molecule has 2 N–H and O–H groups in total. The summed E-state index contributed by atoms with van der Waals surface area (Å²) < 4.78 is 5.95. The maximum Gasteiger partial charge on any atom is 0.0600 e. The molecule has 3 fully saturated rings. The number of rotatable bonds is 7. The van der Waals surface area contributed by atoms with Crippen molar-refractivity contribution < 1.29 is 14.9 Å². The van der Waals surface area contributed by atoms with Gasteiger partial charge in [-0.25, -0.2) is 0 Å². The lowest BCUT2D eigenvalue weighted by molar-refractivity contribution is -0.0247. The fraction of sp³-hybridized carbons (Fsp3) is 0.786. The molecule has 0 bridgehead atoms.